The zero-order valence-corrected chi connectivity index (χ0v) is 11.8. The Labute approximate surface area is 123 Å². The van der Waals surface area contributed by atoms with E-state index in [0.29, 0.717) is 10.7 Å². The highest BCUT2D eigenvalue weighted by molar-refractivity contribution is 6.29. The van der Waals surface area contributed by atoms with Gasteiger partial charge in [0.05, 0.1) is 0 Å². The zero-order chi connectivity index (χ0) is 13.9. The molecule has 3 rings (SSSR count). The van der Waals surface area contributed by atoms with Gasteiger partial charge < -0.3 is 5.32 Å². The number of benzene rings is 1. The number of halogens is 1. The molecule has 1 aliphatic carbocycles. The number of pyridine rings is 1. The number of nitrogens with zero attached hydrogens (tertiary/aromatic N) is 1. The second-order valence-electron chi connectivity index (χ2n) is 4.97. The van der Waals surface area contributed by atoms with E-state index in [0.717, 1.165) is 18.5 Å². The second-order valence-corrected chi connectivity index (χ2v) is 5.36. The van der Waals surface area contributed by atoms with Crippen molar-refractivity contribution in [2.45, 2.75) is 25.7 Å². The number of anilines is 1. The Bertz CT molecular complexity index is 655. The Morgan fingerprint density at radius 2 is 2.05 bits per heavy atom. The predicted molar refractivity (Wildman–Crippen MR) is 80.3 cm³/mol. The van der Waals surface area contributed by atoms with Crippen LogP contribution in [0.2, 0.25) is 5.15 Å². The first-order chi connectivity index (χ1) is 9.74. The van der Waals surface area contributed by atoms with Gasteiger partial charge in [0.15, 0.2) is 0 Å². The Balaban J connectivity index is 1.86. The molecule has 0 radical (unpaired) electrons. The van der Waals surface area contributed by atoms with Gasteiger partial charge in [-0.3, -0.25) is 4.79 Å². The highest BCUT2D eigenvalue weighted by Gasteiger charge is 2.15. The summed E-state index contributed by atoms with van der Waals surface area (Å²) in [6.45, 7) is 0. The van der Waals surface area contributed by atoms with Gasteiger partial charge in [-0.25, -0.2) is 4.98 Å². The summed E-state index contributed by atoms with van der Waals surface area (Å²) in [6, 6.07) is 9.35. The van der Waals surface area contributed by atoms with Gasteiger partial charge in [-0.15, -0.1) is 0 Å². The van der Waals surface area contributed by atoms with Crippen molar-refractivity contribution in [3.05, 3.63) is 58.4 Å². The quantitative estimate of drug-likeness (QED) is 0.852. The van der Waals surface area contributed by atoms with E-state index >= 15 is 0 Å². The average molecular weight is 287 g/mol. The van der Waals surface area contributed by atoms with E-state index < -0.39 is 0 Å². The Morgan fingerprint density at radius 1 is 1.20 bits per heavy atom. The first-order valence-electron chi connectivity index (χ1n) is 6.78. The van der Waals surface area contributed by atoms with Crippen LogP contribution >= 0.6 is 11.6 Å². The Kier molecular flexibility index (Phi) is 3.70. The largest absolute Gasteiger partial charge is 0.322 e. The first-order valence-corrected chi connectivity index (χ1v) is 7.15. The van der Waals surface area contributed by atoms with Crippen molar-refractivity contribution in [1.82, 2.24) is 4.98 Å². The average Bonchev–Trinajstić information content (AvgIpc) is 2.47. The van der Waals surface area contributed by atoms with Crippen molar-refractivity contribution in [2.24, 2.45) is 0 Å². The number of nitrogens with one attached hydrogen (secondary N) is 1. The molecule has 102 valence electrons. The summed E-state index contributed by atoms with van der Waals surface area (Å²) in [5.74, 6) is -0.145. The second kappa shape index (κ2) is 5.63. The number of amides is 1. The number of carbonyl (C=O) groups is 1. The van der Waals surface area contributed by atoms with Crippen molar-refractivity contribution in [3.8, 4) is 0 Å². The number of aromatic nitrogens is 1. The van der Waals surface area contributed by atoms with Gasteiger partial charge >= 0.3 is 0 Å². The number of fused-ring (bicyclic) bond motifs is 1. The number of hydrogen-bond donors (Lipinski definition) is 1. The third kappa shape index (κ3) is 2.68. The number of rotatable bonds is 2. The maximum absolute atomic E-state index is 12.3. The molecule has 1 amide bonds. The fourth-order valence-electron chi connectivity index (χ4n) is 2.64. The molecular formula is C16H15ClN2O. The molecule has 4 heteroatoms. The van der Waals surface area contributed by atoms with Crippen LogP contribution in [0, 0.1) is 0 Å². The summed E-state index contributed by atoms with van der Waals surface area (Å²) in [4.78, 5) is 16.1. The van der Waals surface area contributed by atoms with Crippen LogP contribution < -0.4 is 5.32 Å². The van der Waals surface area contributed by atoms with Crippen LogP contribution in [-0.2, 0) is 12.8 Å². The molecule has 1 aromatic carbocycles. The molecular weight excluding hydrogens is 272 g/mol. The highest BCUT2D eigenvalue weighted by atomic mass is 35.5. The van der Waals surface area contributed by atoms with Crippen LogP contribution in [-0.4, -0.2) is 10.9 Å². The molecule has 1 heterocycles. The van der Waals surface area contributed by atoms with E-state index in [1.807, 2.05) is 12.1 Å². The molecule has 1 N–H and O–H groups in total. The van der Waals surface area contributed by atoms with Gasteiger partial charge in [0, 0.05) is 17.4 Å². The van der Waals surface area contributed by atoms with Crippen molar-refractivity contribution >= 4 is 23.2 Å². The zero-order valence-electron chi connectivity index (χ0n) is 11.0. The monoisotopic (exact) mass is 286 g/mol. The van der Waals surface area contributed by atoms with Gasteiger partial charge in [-0.2, -0.15) is 0 Å². The molecule has 0 fully saturated rings. The number of aryl methyl sites for hydroxylation is 1. The molecule has 1 aliphatic rings. The van der Waals surface area contributed by atoms with Crippen molar-refractivity contribution in [3.63, 3.8) is 0 Å². The summed E-state index contributed by atoms with van der Waals surface area (Å²) in [6.07, 6.45) is 6.08. The highest BCUT2D eigenvalue weighted by Crippen LogP contribution is 2.28. The van der Waals surface area contributed by atoms with E-state index in [1.54, 1.807) is 12.1 Å². The van der Waals surface area contributed by atoms with E-state index in [2.05, 4.69) is 16.4 Å². The maximum Gasteiger partial charge on any atom is 0.255 e. The molecule has 0 aliphatic heterocycles. The minimum Gasteiger partial charge on any atom is -0.322 e. The van der Waals surface area contributed by atoms with E-state index in [-0.39, 0.29) is 5.91 Å². The Morgan fingerprint density at radius 3 is 2.90 bits per heavy atom. The fourth-order valence-corrected chi connectivity index (χ4v) is 2.81. The van der Waals surface area contributed by atoms with Gasteiger partial charge in [0.2, 0.25) is 0 Å². The fraction of sp³-hybridized carbons (Fsp3) is 0.250. The minimum absolute atomic E-state index is 0.145. The normalized spacial score (nSPS) is 13.7. The lowest BCUT2D eigenvalue weighted by molar-refractivity contribution is 0.102. The first kappa shape index (κ1) is 13.1. The third-order valence-electron chi connectivity index (χ3n) is 3.63. The Hall–Kier alpha value is -1.87. The molecule has 3 nitrogen and oxygen atoms in total. The maximum atomic E-state index is 12.3. The molecule has 2 aromatic rings. The summed E-state index contributed by atoms with van der Waals surface area (Å²) >= 11 is 5.82. The van der Waals surface area contributed by atoms with Crippen LogP contribution in [0.5, 0.6) is 0 Å². The summed E-state index contributed by atoms with van der Waals surface area (Å²) in [7, 11) is 0. The van der Waals surface area contributed by atoms with Crippen molar-refractivity contribution in [2.75, 3.05) is 5.32 Å². The third-order valence-corrected chi connectivity index (χ3v) is 3.84. The number of carbonyl (C=O) groups excluding carboxylic acids is 1. The standard InChI is InChI=1S/C16H15ClN2O/c17-15-10-12(8-9-18-15)16(20)19-14-7-3-5-11-4-1-2-6-13(11)14/h3,5,7-10H,1-2,4,6H2,(H,19,20). The smallest absolute Gasteiger partial charge is 0.255 e. The van der Waals surface area contributed by atoms with Crippen LogP contribution in [0.1, 0.15) is 34.3 Å². The number of hydrogen-bond acceptors (Lipinski definition) is 2. The molecule has 20 heavy (non-hydrogen) atoms. The SMILES string of the molecule is O=C(Nc1cccc2c1CCCC2)c1ccnc(Cl)c1. The molecule has 0 saturated heterocycles. The van der Waals surface area contributed by atoms with E-state index in [4.69, 9.17) is 11.6 Å². The minimum atomic E-state index is -0.145. The van der Waals surface area contributed by atoms with Crippen molar-refractivity contribution < 1.29 is 4.79 Å². The topological polar surface area (TPSA) is 42.0 Å². The van der Waals surface area contributed by atoms with Gasteiger partial charge in [0.25, 0.3) is 5.91 Å². The van der Waals surface area contributed by atoms with Crippen LogP contribution in [0.15, 0.2) is 36.5 Å². The molecule has 0 spiro atoms. The summed E-state index contributed by atoms with van der Waals surface area (Å²) in [5.41, 5.74) is 4.06. The molecule has 0 saturated carbocycles. The van der Waals surface area contributed by atoms with Gasteiger partial charge in [-0.05, 0) is 55.0 Å². The molecule has 1 aromatic heterocycles. The predicted octanol–water partition coefficient (Wildman–Crippen LogP) is 3.87. The molecule has 0 atom stereocenters. The van der Waals surface area contributed by atoms with Gasteiger partial charge in [0.1, 0.15) is 5.15 Å². The van der Waals surface area contributed by atoms with E-state index in [1.165, 1.54) is 30.2 Å². The van der Waals surface area contributed by atoms with Crippen LogP contribution in [0.25, 0.3) is 0 Å². The molecule has 0 bridgehead atoms. The summed E-state index contributed by atoms with van der Waals surface area (Å²) < 4.78 is 0. The lowest BCUT2D eigenvalue weighted by Crippen LogP contribution is -2.15. The molecule has 0 unspecified atom stereocenters. The van der Waals surface area contributed by atoms with Crippen molar-refractivity contribution in [1.29, 1.82) is 0 Å². The lowest BCUT2D eigenvalue weighted by Gasteiger charge is -2.19. The lowest BCUT2D eigenvalue weighted by atomic mass is 9.90. The van der Waals surface area contributed by atoms with Crippen LogP contribution in [0.4, 0.5) is 5.69 Å². The van der Waals surface area contributed by atoms with Crippen LogP contribution in [0.3, 0.4) is 0 Å². The summed E-state index contributed by atoms with van der Waals surface area (Å²) in [5, 5.41) is 3.31. The van der Waals surface area contributed by atoms with Gasteiger partial charge in [-0.1, -0.05) is 23.7 Å². The van der Waals surface area contributed by atoms with E-state index in [9.17, 15) is 4.79 Å².